The van der Waals surface area contributed by atoms with Crippen LogP contribution in [0.4, 0.5) is 5.69 Å². The van der Waals surface area contributed by atoms with Gasteiger partial charge in [-0.25, -0.2) is 18.1 Å². The van der Waals surface area contributed by atoms with Crippen molar-refractivity contribution in [3.63, 3.8) is 0 Å². The predicted octanol–water partition coefficient (Wildman–Crippen LogP) is 5.42. The zero-order valence-corrected chi connectivity index (χ0v) is 22.0. The first-order valence-corrected chi connectivity index (χ1v) is 14.1. The van der Waals surface area contributed by atoms with Gasteiger partial charge in [-0.3, -0.25) is 15.0 Å². The van der Waals surface area contributed by atoms with Crippen molar-refractivity contribution in [3.05, 3.63) is 109 Å². The number of nitrogens with one attached hydrogen (secondary N) is 2. The van der Waals surface area contributed by atoms with Crippen LogP contribution in [0.1, 0.15) is 36.5 Å². The lowest BCUT2D eigenvalue weighted by Crippen LogP contribution is -2.51. The van der Waals surface area contributed by atoms with E-state index in [1.54, 1.807) is 42.5 Å². The van der Waals surface area contributed by atoms with Crippen molar-refractivity contribution in [1.82, 2.24) is 9.73 Å². The molecule has 4 aromatic rings. The number of hydrazine groups is 1. The van der Waals surface area contributed by atoms with Crippen LogP contribution in [0.15, 0.2) is 108 Å². The van der Waals surface area contributed by atoms with Gasteiger partial charge in [-0.1, -0.05) is 86.5 Å². The van der Waals surface area contributed by atoms with Crippen molar-refractivity contribution in [1.29, 1.82) is 0 Å². The number of fused-ring (bicyclic) bond motifs is 1. The number of unbranched alkanes of at least 4 members (excludes halogenated alkanes) is 1. The lowest BCUT2D eigenvalue weighted by Gasteiger charge is -2.32. The number of ketones is 1. The number of carbonyl (C=O) groups is 2. The molecule has 0 fully saturated rings. The normalized spacial score (nSPS) is 12.1. The van der Waals surface area contributed by atoms with Crippen molar-refractivity contribution < 1.29 is 18.0 Å². The highest BCUT2D eigenvalue weighted by Crippen LogP contribution is 2.22. The zero-order valence-electron chi connectivity index (χ0n) is 21.2. The molecule has 0 heterocycles. The highest BCUT2D eigenvalue weighted by atomic mass is 32.2. The van der Waals surface area contributed by atoms with Gasteiger partial charge in [0.25, 0.3) is 5.91 Å². The number of amides is 1. The number of hydrogen-bond acceptors (Lipinski definition) is 5. The minimum atomic E-state index is -3.89. The van der Waals surface area contributed by atoms with Crippen molar-refractivity contribution in [2.75, 3.05) is 12.0 Å². The molecule has 0 radical (unpaired) electrons. The van der Waals surface area contributed by atoms with E-state index < -0.39 is 28.4 Å². The highest BCUT2D eigenvalue weighted by Gasteiger charge is 2.31. The number of rotatable bonds is 12. The maximum atomic E-state index is 13.7. The molecule has 7 nitrogen and oxygen atoms in total. The first kappa shape index (κ1) is 27.0. The molecular formula is C30H31N3O4S. The van der Waals surface area contributed by atoms with Crippen LogP contribution >= 0.6 is 0 Å². The molecule has 0 aliphatic heterocycles. The second-order valence-corrected chi connectivity index (χ2v) is 10.7. The summed E-state index contributed by atoms with van der Waals surface area (Å²) in [6.45, 7) is 1.56. The zero-order chi connectivity index (χ0) is 27.0. The molecule has 0 aliphatic carbocycles. The van der Waals surface area contributed by atoms with E-state index in [0.29, 0.717) is 24.1 Å². The van der Waals surface area contributed by atoms with Crippen LogP contribution in [0.2, 0.25) is 0 Å². The molecule has 0 aliphatic rings. The molecule has 1 atom stereocenters. The molecule has 2 N–H and O–H groups in total. The topological polar surface area (TPSA) is 95.6 Å². The lowest BCUT2D eigenvalue weighted by atomic mass is 10.0. The minimum absolute atomic E-state index is 0.0735. The number of nitrogens with zero attached hydrogens (tertiary/aromatic N) is 1. The van der Waals surface area contributed by atoms with E-state index in [9.17, 15) is 18.0 Å². The maximum Gasteiger partial charge on any atom is 0.272 e. The summed E-state index contributed by atoms with van der Waals surface area (Å²) in [5.74, 6) is -0.783. The third kappa shape index (κ3) is 6.65. The van der Waals surface area contributed by atoms with Gasteiger partial charge in [-0.05, 0) is 53.6 Å². The van der Waals surface area contributed by atoms with Crippen LogP contribution in [0.25, 0.3) is 10.8 Å². The second kappa shape index (κ2) is 12.5. The Morgan fingerprint density at radius 1 is 0.816 bits per heavy atom. The van der Waals surface area contributed by atoms with Crippen molar-refractivity contribution in [2.45, 2.75) is 37.1 Å². The molecule has 1 amide bonds. The Morgan fingerprint density at radius 3 is 2.13 bits per heavy atom. The van der Waals surface area contributed by atoms with Crippen LogP contribution in [-0.4, -0.2) is 37.7 Å². The van der Waals surface area contributed by atoms with E-state index in [2.05, 4.69) is 10.1 Å². The highest BCUT2D eigenvalue weighted by molar-refractivity contribution is 7.89. The average molecular weight is 530 g/mol. The Hall–Kier alpha value is -4.01. The fourth-order valence-electron chi connectivity index (χ4n) is 4.19. The van der Waals surface area contributed by atoms with Crippen molar-refractivity contribution in [3.8, 4) is 0 Å². The summed E-state index contributed by atoms with van der Waals surface area (Å²) in [4.78, 5) is 27.3. The molecule has 8 heteroatoms. The summed E-state index contributed by atoms with van der Waals surface area (Å²) >= 11 is 0. The summed E-state index contributed by atoms with van der Waals surface area (Å²) in [7, 11) is -3.89. The van der Waals surface area contributed by atoms with Crippen LogP contribution < -0.4 is 10.1 Å². The fourth-order valence-corrected chi connectivity index (χ4v) is 5.20. The van der Waals surface area contributed by atoms with Crippen molar-refractivity contribution >= 4 is 38.2 Å². The summed E-state index contributed by atoms with van der Waals surface area (Å²) in [5.41, 5.74) is 4.24. The summed E-state index contributed by atoms with van der Waals surface area (Å²) in [5, 5.41) is 3.37. The first-order chi connectivity index (χ1) is 18.4. The Bertz CT molecular complexity index is 1490. The van der Waals surface area contributed by atoms with Crippen LogP contribution in [0.5, 0.6) is 0 Å². The molecular weight excluding hydrogens is 498 g/mol. The largest absolute Gasteiger partial charge is 0.296 e. The third-order valence-electron chi connectivity index (χ3n) is 6.24. The van der Waals surface area contributed by atoms with E-state index >= 15 is 0 Å². The predicted molar refractivity (Wildman–Crippen MR) is 150 cm³/mol. The molecule has 196 valence electrons. The molecule has 0 spiro atoms. The van der Waals surface area contributed by atoms with Crippen LogP contribution in [0, 0.1) is 0 Å². The molecule has 0 saturated carbocycles. The van der Waals surface area contributed by atoms with E-state index in [1.165, 1.54) is 17.1 Å². The molecule has 0 bridgehead atoms. The summed E-state index contributed by atoms with van der Waals surface area (Å²) in [6.07, 6.45) is 1.87. The van der Waals surface area contributed by atoms with E-state index in [1.807, 2.05) is 55.5 Å². The van der Waals surface area contributed by atoms with Crippen molar-refractivity contribution in [2.24, 2.45) is 0 Å². The van der Waals surface area contributed by atoms with Crippen LogP contribution in [-0.2, 0) is 14.8 Å². The Morgan fingerprint density at radius 2 is 1.45 bits per heavy atom. The molecule has 4 aromatic carbocycles. The fraction of sp³-hybridized carbons (Fsp3) is 0.200. The van der Waals surface area contributed by atoms with Gasteiger partial charge in [-0.2, -0.15) is 0 Å². The van der Waals surface area contributed by atoms with Gasteiger partial charge >= 0.3 is 0 Å². The van der Waals surface area contributed by atoms with Gasteiger partial charge in [0.05, 0.1) is 17.1 Å². The van der Waals surface area contributed by atoms with E-state index in [4.69, 9.17) is 0 Å². The SMILES string of the molecule is CCCCC(C(=O)CNS(=O)(=O)c1ccccc1)N(Nc1ccc2ccccc2c1)C(=O)c1ccccc1. The lowest BCUT2D eigenvalue weighted by molar-refractivity contribution is -0.122. The second-order valence-electron chi connectivity index (χ2n) is 8.98. The monoisotopic (exact) mass is 529 g/mol. The summed E-state index contributed by atoms with van der Waals surface area (Å²) in [6, 6.07) is 29.3. The van der Waals surface area contributed by atoms with Gasteiger partial charge in [-0.15, -0.1) is 0 Å². The summed E-state index contributed by atoms with van der Waals surface area (Å²) < 4.78 is 27.9. The van der Waals surface area contributed by atoms with Gasteiger partial charge in [0.2, 0.25) is 10.0 Å². The molecule has 0 saturated heterocycles. The Balaban J connectivity index is 1.64. The Labute approximate surface area is 223 Å². The number of Topliss-reactive ketones (excluding diaryl/α,β-unsaturated/α-hetero) is 1. The Kier molecular flexibility index (Phi) is 8.89. The number of anilines is 1. The average Bonchev–Trinajstić information content (AvgIpc) is 2.96. The van der Waals surface area contributed by atoms with E-state index in [-0.39, 0.29) is 10.8 Å². The van der Waals surface area contributed by atoms with Gasteiger partial charge < -0.3 is 0 Å². The van der Waals surface area contributed by atoms with Crippen LogP contribution in [0.3, 0.4) is 0 Å². The first-order valence-electron chi connectivity index (χ1n) is 12.6. The maximum absolute atomic E-state index is 13.7. The molecule has 0 aromatic heterocycles. The quantitative estimate of drug-likeness (QED) is 0.239. The smallest absolute Gasteiger partial charge is 0.272 e. The number of hydrogen-bond donors (Lipinski definition) is 2. The van der Waals surface area contributed by atoms with Gasteiger partial charge in [0.1, 0.15) is 6.04 Å². The molecule has 1 unspecified atom stereocenters. The van der Waals surface area contributed by atoms with E-state index in [0.717, 1.165) is 17.2 Å². The van der Waals surface area contributed by atoms with Gasteiger partial charge in [0, 0.05) is 5.56 Å². The molecule has 4 rings (SSSR count). The minimum Gasteiger partial charge on any atom is -0.296 e. The number of carbonyl (C=O) groups excluding carboxylic acids is 2. The number of benzene rings is 4. The van der Waals surface area contributed by atoms with Gasteiger partial charge in [0.15, 0.2) is 5.78 Å². The standard InChI is InChI=1S/C30H31N3O4S/c1-2-3-18-28(29(34)22-31-38(36,37)27-16-8-5-9-17-27)33(30(35)24-13-6-4-7-14-24)32-26-20-19-23-12-10-11-15-25(23)21-26/h4-17,19-21,28,31-32H,2-3,18,22H2,1H3. The molecule has 38 heavy (non-hydrogen) atoms. The number of sulfonamides is 1. The third-order valence-corrected chi connectivity index (χ3v) is 7.66.